The molecule has 0 fully saturated rings. The fourth-order valence-electron chi connectivity index (χ4n) is 2.60. The Morgan fingerprint density at radius 2 is 1.60 bits per heavy atom. The molecule has 1 aliphatic carbocycles. The molecule has 1 aliphatic rings. The maximum absolute atomic E-state index is 3.34. The second kappa shape index (κ2) is 12.8. The van der Waals surface area contributed by atoms with Crippen LogP contribution in [0.2, 0.25) is 13.1 Å². The molecule has 3 aromatic rings. The number of hydrogen-bond donors (Lipinski definition) is 0. The van der Waals surface area contributed by atoms with Gasteiger partial charge in [-0.2, -0.15) is 42.0 Å². The minimum absolute atomic E-state index is 0. The van der Waals surface area contributed by atoms with Gasteiger partial charge in [-0.1, -0.05) is 42.3 Å². The minimum atomic E-state index is 0. The first-order valence-electron chi connectivity index (χ1n) is 7.86. The first kappa shape index (κ1) is 24.5. The quantitative estimate of drug-likeness (QED) is 0.245. The van der Waals surface area contributed by atoms with E-state index >= 15 is 0 Å². The summed E-state index contributed by atoms with van der Waals surface area (Å²) in [6, 6.07) is 26.1. The first-order valence-corrected chi connectivity index (χ1v) is 14.0. The summed E-state index contributed by atoms with van der Waals surface area (Å²) in [5, 5.41) is 0. The molecule has 0 heterocycles. The molecule has 0 N–H and O–H groups in total. The van der Waals surface area contributed by atoms with Gasteiger partial charge in [0.05, 0.1) is 0 Å². The van der Waals surface area contributed by atoms with Crippen LogP contribution < -0.4 is 24.8 Å². The van der Waals surface area contributed by atoms with Crippen LogP contribution in [-0.2, 0) is 29.8 Å². The van der Waals surface area contributed by atoms with Crippen LogP contribution in [0.4, 0.5) is 0 Å². The van der Waals surface area contributed by atoms with Crippen LogP contribution in [0.5, 0.6) is 0 Å². The predicted molar refractivity (Wildman–Crippen MR) is 97.8 cm³/mol. The number of rotatable bonds is 0. The molecule has 0 radical (unpaired) electrons. The summed E-state index contributed by atoms with van der Waals surface area (Å²) in [5.41, 5.74) is 7.17. The summed E-state index contributed by atoms with van der Waals surface area (Å²) < 4.78 is 0. The maximum Gasteiger partial charge on any atom is -0.0253 e. The smallest absolute Gasteiger partial charge is 0.0253 e. The van der Waals surface area contributed by atoms with Gasteiger partial charge in [-0.05, 0) is 6.42 Å². The molecule has 0 aliphatic heterocycles. The van der Waals surface area contributed by atoms with Gasteiger partial charge in [0.1, 0.15) is 0 Å². The van der Waals surface area contributed by atoms with E-state index in [1.807, 2.05) is 36.4 Å². The fourth-order valence-corrected chi connectivity index (χ4v) is 2.60. The fraction of sp³-hybridized carbons (Fsp3) is 0.190. The summed E-state index contributed by atoms with van der Waals surface area (Å²) in [4.78, 5) is 0. The largest absolute Gasteiger partial charge is 1.00 e. The third-order valence-electron chi connectivity index (χ3n) is 3.50. The van der Waals surface area contributed by atoms with Gasteiger partial charge in [0.15, 0.2) is 0 Å². The van der Waals surface area contributed by atoms with Crippen LogP contribution in [0, 0.1) is 13.0 Å². The Labute approximate surface area is 179 Å². The van der Waals surface area contributed by atoms with Gasteiger partial charge in [-0.15, -0.1) is 11.1 Å². The van der Waals surface area contributed by atoms with Gasteiger partial charge >= 0.3 is 41.9 Å². The van der Waals surface area contributed by atoms with Gasteiger partial charge < -0.3 is 24.8 Å². The molecule has 0 atom stereocenters. The van der Waals surface area contributed by atoms with E-state index in [9.17, 15) is 0 Å². The standard InChI is InChI=1S/C14H11.C5H5.C2H6Si.2ClH.Zr/c1-10-5-4-7-12-9-11-6-2-3-8-13(11)14(10)12;1-2-4-5-3-1;1-3-2;;;/h2-6,8H,9H2,1H3;1-5H;1-2H3;2*1H;/q2*-1;;;;+2/p-2. The second-order valence-electron chi connectivity index (χ2n) is 5.81. The molecule has 0 saturated heterocycles. The zero-order chi connectivity index (χ0) is 16.7. The molecule has 4 rings (SSSR count). The molecule has 130 valence electrons. The van der Waals surface area contributed by atoms with Crippen LogP contribution in [0.15, 0.2) is 66.7 Å². The Morgan fingerprint density at radius 3 is 2.16 bits per heavy atom. The minimum Gasteiger partial charge on any atom is -1.00 e. The summed E-state index contributed by atoms with van der Waals surface area (Å²) in [5.74, 6) is 0. The topological polar surface area (TPSA) is 0 Å². The van der Waals surface area contributed by atoms with Crippen molar-refractivity contribution >= 4 is 5.43 Å². The molecule has 0 bridgehead atoms. The predicted octanol–water partition coefficient (Wildman–Crippen LogP) is -0.436. The Kier molecular flexibility index (Phi) is 12.5. The van der Waals surface area contributed by atoms with Crippen molar-refractivity contribution in [2.24, 2.45) is 0 Å². The zero-order valence-electron chi connectivity index (χ0n) is 14.8. The molecular formula is C21H22Cl2SiZr-2. The van der Waals surface area contributed by atoms with Gasteiger partial charge in [0, 0.05) is 0 Å². The van der Waals surface area contributed by atoms with Crippen molar-refractivity contribution in [3.05, 3.63) is 89.5 Å². The average molecular weight is 465 g/mol. The monoisotopic (exact) mass is 462 g/mol. The molecule has 0 saturated carbocycles. The number of hydrogen-bond acceptors (Lipinski definition) is 0. The Morgan fingerprint density at radius 1 is 1.00 bits per heavy atom. The molecule has 4 heteroatoms. The third kappa shape index (κ3) is 7.71. The Balaban J connectivity index is 0.000000443. The normalized spacial score (nSPS) is 9.64. The van der Waals surface area contributed by atoms with Gasteiger partial charge in [0.2, 0.25) is 0 Å². The first-order chi connectivity index (χ1) is 11.1. The van der Waals surface area contributed by atoms with E-state index in [-0.39, 0.29) is 30.2 Å². The van der Waals surface area contributed by atoms with E-state index < -0.39 is 0 Å². The van der Waals surface area contributed by atoms with E-state index in [1.54, 1.807) is 23.3 Å². The number of halogens is 2. The maximum atomic E-state index is 3.34. The van der Waals surface area contributed by atoms with Crippen molar-refractivity contribution in [3.63, 3.8) is 0 Å². The Bertz CT molecular complexity index is 746. The van der Waals surface area contributed by atoms with Crippen molar-refractivity contribution in [2.45, 2.75) is 26.4 Å². The van der Waals surface area contributed by atoms with E-state index in [1.165, 1.54) is 27.8 Å². The summed E-state index contributed by atoms with van der Waals surface area (Å²) in [6.45, 7) is 6.79. The van der Waals surface area contributed by atoms with Crippen LogP contribution in [0.25, 0.3) is 11.1 Å². The molecule has 0 aromatic heterocycles. The van der Waals surface area contributed by atoms with Crippen LogP contribution in [0.1, 0.15) is 16.7 Å². The van der Waals surface area contributed by atoms with Crippen LogP contribution in [-0.4, -0.2) is 5.43 Å². The molecule has 0 unspecified atom stereocenters. The number of benzene rings is 2. The van der Waals surface area contributed by atoms with E-state index in [2.05, 4.69) is 56.4 Å². The second-order valence-corrected chi connectivity index (χ2v) is 15.2. The number of aryl methyl sites for hydroxylation is 1. The van der Waals surface area contributed by atoms with Gasteiger partial charge in [0.25, 0.3) is 0 Å². The third-order valence-corrected chi connectivity index (χ3v) is 3.50. The molecule has 0 nitrogen and oxygen atoms in total. The average Bonchev–Trinajstić information content (AvgIpc) is 3.18. The molecule has 0 spiro atoms. The van der Waals surface area contributed by atoms with Crippen molar-refractivity contribution in [1.82, 2.24) is 0 Å². The van der Waals surface area contributed by atoms with E-state index in [0.717, 1.165) is 6.42 Å². The molecular weight excluding hydrogens is 442 g/mol. The summed E-state index contributed by atoms with van der Waals surface area (Å²) >= 11 is 1.74. The van der Waals surface area contributed by atoms with Gasteiger partial charge in [-0.3, -0.25) is 0 Å². The van der Waals surface area contributed by atoms with E-state index in [4.69, 9.17) is 0 Å². The van der Waals surface area contributed by atoms with Crippen molar-refractivity contribution in [3.8, 4) is 11.1 Å². The molecule has 3 aromatic carbocycles. The SMILES string of the molecule is C[Si](C)=[Zr+2].Cc1cc[c-]c2c1-c1ccccc1C2.[Cl-].[Cl-].c1cc[cH-]c1. The van der Waals surface area contributed by atoms with Crippen molar-refractivity contribution < 1.29 is 48.1 Å². The Hall–Kier alpha value is -0.530. The van der Waals surface area contributed by atoms with Crippen LogP contribution >= 0.6 is 0 Å². The zero-order valence-corrected chi connectivity index (χ0v) is 19.8. The molecule has 25 heavy (non-hydrogen) atoms. The summed E-state index contributed by atoms with van der Waals surface area (Å²) in [6.07, 6.45) is 1.05. The van der Waals surface area contributed by atoms with Crippen molar-refractivity contribution in [1.29, 1.82) is 0 Å². The van der Waals surface area contributed by atoms with Crippen LogP contribution in [0.3, 0.4) is 0 Å². The summed E-state index contributed by atoms with van der Waals surface area (Å²) in [7, 11) is 0. The number of fused-ring (bicyclic) bond motifs is 3. The van der Waals surface area contributed by atoms with Crippen molar-refractivity contribution in [2.75, 3.05) is 0 Å². The van der Waals surface area contributed by atoms with Gasteiger partial charge in [-0.25, -0.2) is 12.1 Å². The molecule has 0 amide bonds. The van der Waals surface area contributed by atoms with E-state index in [0.29, 0.717) is 0 Å².